The molecule has 1 aliphatic heterocycles. The Kier molecular flexibility index (Phi) is 4.25. The molecule has 5 nitrogen and oxygen atoms in total. The molecule has 0 saturated carbocycles. The quantitative estimate of drug-likeness (QED) is 0.645. The van der Waals surface area contributed by atoms with Crippen molar-refractivity contribution in [1.82, 2.24) is 4.90 Å². The molecule has 0 aromatic heterocycles. The van der Waals surface area contributed by atoms with Gasteiger partial charge in [-0.3, -0.25) is 10.1 Å². The van der Waals surface area contributed by atoms with Crippen LogP contribution < -0.4 is 4.90 Å². The van der Waals surface area contributed by atoms with Gasteiger partial charge in [0.05, 0.1) is 4.92 Å². The van der Waals surface area contributed by atoms with Crippen LogP contribution in [0.3, 0.4) is 0 Å². The number of nitrogens with zero attached hydrogens (tertiary/aromatic N) is 3. The molecule has 0 amide bonds. The number of nitro groups is 1. The number of halogens is 1. The van der Waals surface area contributed by atoms with E-state index in [-0.39, 0.29) is 11.5 Å². The van der Waals surface area contributed by atoms with E-state index < -0.39 is 4.92 Å². The number of nitro benzene ring substituents is 1. The molecule has 1 heterocycles. The second-order valence-electron chi connectivity index (χ2n) is 5.73. The fourth-order valence-electron chi connectivity index (χ4n) is 2.85. The zero-order valence-corrected chi connectivity index (χ0v) is 12.9. The van der Waals surface area contributed by atoms with Crippen LogP contribution in [0.4, 0.5) is 15.8 Å². The fourth-order valence-corrected chi connectivity index (χ4v) is 2.85. The van der Waals surface area contributed by atoms with Crippen LogP contribution in [0, 0.1) is 15.9 Å². The van der Waals surface area contributed by atoms with Crippen molar-refractivity contribution in [2.75, 3.05) is 38.1 Å². The Bertz CT molecular complexity index is 728. The van der Waals surface area contributed by atoms with Crippen molar-refractivity contribution in [2.24, 2.45) is 0 Å². The second kappa shape index (κ2) is 6.34. The molecule has 6 heteroatoms. The molecular formula is C17H18FN3O2. The predicted octanol–water partition coefficient (Wildman–Crippen LogP) is 3.15. The minimum Gasteiger partial charge on any atom is -0.363 e. The van der Waals surface area contributed by atoms with Crippen LogP contribution in [0.2, 0.25) is 0 Å². The van der Waals surface area contributed by atoms with Gasteiger partial charge < -0.3 is 9.80 Å². The third kappa shape index (κ3) is 3.17. The minimum atomic E-state index is -0.391. The average molecular weight is 315 g/mol. The molecule has 0 N–H and O–H groups in total. The van der Waals surface area contributed by atoms with Crippen molar-refractivity contribution in [2.45, 2.75) is 0 Å². The van der Waals surface area contributed by atoms with Crippen LogP contribution in [-0.2, 0) is 0 Å². The van der Waals surface area contributed by atoms with E-state index in [1.54, 1.807) is 30.3 Å². The van der Waals surface area contributed by atoms with Crippen molar-refractivity contribution >= 4 is 11.4 Å². The molecule has 2 aromatic rings. The van der Waals surface area contributed by atoms with E-state index in [1.165, 1.54) is 12.1 Å². The second-order valence-corrected chi connectivity index (χ2v) is 5.73. The molecule has 0 radical (unpaired) electrons. The smallest absolute Gasteiger partial charge is 0.293 e. The van der Waals surface area contributed by atoms with Gasteiger partial charge in [0.2, 0.25) is 0 Å². The summed E-state index contributed by atoms with van der Waals surface area (Å²) in [6, 6.07) is 11.3. The largest absolute Gasteiger partial charge is 0.363 e. The van der Waals surface area contributed by atoms with Crippen molar-refractivity contribution in [3.63, 3.8) is 0 Å². The van der Waals surface area contributed by atoms with Crippen LogP contribution in [-0.4, -0.2) is 43.0 Å². The maximum absolute atomic E-state index is 13.9. The summed E-state index contributed by atoms with van der Waals surface area (Å²) in [5.74, 6) is -0.380. The lowest BCUT2D eigenvalue weighted by molar-refractivity contribution is -0.384. The highest BCUT2D eigenvalue weighted by Crippen LogP contribution is 2.34. The van der Waals surface area contributed by atoms with Crippen LogP contribution in [0.1, 0.15) is 0 Å². The molecule has 0 bridgehead atoms. The van der Waals surface area contributed by atoms with Gasteiger partial charge in [-0.1, -0.05) is 24.3 Å². The maximum atomic E-state index is 13.9. The Morgan fingerprint density at radius 3 is 2.43 bits per heavy atom. The Labute approximate surface area is 134 Å². The van der Waals surface area contributed by atoms with Gasteiger partial charge in [0.15, 0.2) is 0 Å². The first kappa shape index (κ1) is 15.4. The highest BCUT2D eigenvalue weighted by Gasteiger charge is 2.23. The highest BCUT2D eigenvalue weighted by atomic mass is 19.1. The van der Waals surface area contributed by atoms with E-state index in [2.05, 4.69) is 4.90 Å². The lowest BCUT2D eigenvalue weighted by Crippen LogP contribution is -2.44. The van der Waals surface area contributed by atoms with Crippen LogP contribution in [0.5, 0.6) is 0 Å². The van der Waals surface area contributed by atoms with Gasteiger partial charge in [-0.05, 0) is 24.7 Å². The van der Waals surface area contributed by atoms with Gasteiger partial charge >= 0.3 is 0 Å². The lowest BCUT2D eigenvalue weighted by Gasteiger charge is -2.33. The molecule has 3 rings (SSSR count). The maximum Gasteiger partial charge on any atom is 0.293 e. The number of rotatable bonds is 3. The van der Waals surface area contributed by atoms with E-state index in [1.807, 2.05) is 11.9 Å². The summed E-state index contributed by atoms with van der Waals surface area (Å²) in [5.41, 5.74) is 1.52. The number of hydrogen-bond donors (Lipinski definition) is 0. The van der Waals surface area contributed by atoms with Crippen molar-refractivity contribution < 1.29 is 9.31 Å². The molecule has 2 aromatic carbocycles. The average Bonchev–Trinajstić information content (AvgIpc) is 2.55. The molecule has 23 heavy (non-hydrogen) atoms. The number of piperazine rings is 1. The van der Waals surface area contributed by atoms with Crippen LogP contribution >= 0.6 is 0 Å². The summed E-state index contributed by atoms with van der Waals surface area (Å²) in [6.45, 7) is 3.23. The van der Waals surface area contributed by atoms with Crippen LogP contribution in [0.15, 0.2) is 42.5 Å². The molecule has 120 valence electrons. The van der Waals surface area contributed by atoms with Gasteiger partial charge in [-0.15, -0.1) is 0 Å². The normalized spacial score (nSPS) is 15.7. The molecule has 1 saturated heterocycles. The number of anilines is 1. The lowest BCUT2D eigenvalue weighted by atomic mass is 10.0. The first-order chi connectivity index (χ1) is 11.1. The fraction of sp³-hybridized carbons (Fsp3) is 0.294. The van der Waals surface area contributed by atoms with Crippen molar-refractivity contribution in [3.05, 3.63) is 58.4 Å². The minimum absolute atomic E-state index is 0.0234. The van der Waals surface area contributed by atoms with Gasteiger partial charge in [-0.2, -0.15) is 0 Å². The first-order valence-electron chi connectivity index (χ1n) is 7.53. The Morgan fingerprint density at radius 1 is 1.09 bits per heavy atom. The van der Waals surface area contributed by atoms with E-state index in [0.717, 1.165) is 26.2 Å². The number of benzene rings is 2. The topological polar surface area (TPSA) is 49.6 Å². The summed E-state index contributed by atoms with van der Waals surface area (Å²) in [7, 11) is 2.03. The van der Waals surface area contributed by atoms with E-state index in [4.69, 9.17) is 0 Å². The molecular weight excluding hydrogens is 297 g/mol. The molecule has 0 atom stereocenters. The van der Waals surface area contributed by atoms with Gasteiger partial charge in [0, 0.05) is 37.8 Å². The molecule has 0 unspecified atom stereocenters. The SMILES string of the molecule is CN1CCN(c2ccc(-c3ccccc3F)cc2[N+](=O)[O-])CC1. The van der Waals surface area contributed by atoms with E-state index in [9.17, 15) is 14.5 Å². The van der Waals surface area contributed by atoms with Crippen molar-refractivity contribution in [1.29, 1.82) is 0 Å². The molecule has 1 aliphatic rings. The monoisotopic (exact) mass is 315 g/mol. The zero-order chi connectivity index (χ0) is 16.4. The summed E-state index contributed by atoms with van der Waals surface area (Å²) in [6.07, 6.45) is 0. The van der Waals surface area contributed by atoms with Gasteiger partial charge in [-0.25, -0.2) is 4.39 Å². The van der Waals surface area contributed by atoms with Crippen molar-refractivity contribution in [3.8, 4) is 11.1 Å². The first-order valence-corrected chi connectivity index (χ1v) is 7.53. The Hall–Kier alpha value is -2.47. The number of hydrogen-bond acceptors (Lipinski definition) is 4. The van der Waals surface area contributed by atoms with E-state index in [0.29, 0.717) is 16.8 Å². The summed E-state index contributed by atoms with van der Waals surface area (Å²) >= 11 is 0. The third-order valence-corrected chi connectivity index (χ3v) is 4.20. The third-order valence-electron chi connectivity index (χ3n) is 4.20. The van der Waals surface area contributed by atoms with E-state index >= 15 is 0 Å². The summed E-state index contributed by atoms with van der Waals surface area (Å²) in [5, 5.41) is 11.5. The predicted molar refractivity (Wildman–Crippen MR) is 88.2 cm³/mol. The van der Waals surface area contributed by atoms with Crippen LogP contribution in [0.25, 0.3) is 11.1 Å². The summed E-state index contributed by atoms with van der Waals surface area (Å²) in [4.78, 5) is 15.3. The summed E-state index contributed by atoms with van der Waals surface area (Å²) < 4.78 is 13.9. The van der Waals surface area contributed by atoms with Gasteiger partial charge in [0.1, 0.15) is 11.5 Å². The molecule has 0 spiro atoms. The van der Waals surface area contributed by atoms with Gasteiger partial charge in [0.25, 0.3) is 5.69 Å². The Balaban J connectivity index is 1.99. The highest BCUT2D eigenvalue weighted by molar-refractivity contribution is 5.74. The zero-order valence-electron chi connectivity index (χ0n) is 12.9. The standard InChI is InChI=1S/C17H18FN3O2/c1-19-8-10-20(11-9-19)16-7-6-13(12-17(16)21(22)23)14-4-2-3-5-15(14)18/h2-7,12H,8-11H2,1H3. The molecule has 1 fully saturated rings. The molecule has 0 aliphatic carbocycles. The number of likely N-dealkylation sites (N-methyl/N-ethyl adjacent to an activating group) is 1. The Morgan fingerprint density at radius 2 is 1.78 bits per heavy atom.